The summed E-state index contributed by atoms with van der Waals surface area (Å²) < 4.78 is 31.5. The van der Waals surface area contributed by atoms with E-state index in [2.05, 4.69) is 5.32 Å². The van der Waals surface area contributed by atoms with Crippen molar-refractivity contribution in [1.82, 2.24) is 4.31 Å². The highest BCUT2D eigenvalue weighted by molar-refractivity contribution is 7.89. The van der Waals surface area contributed by atoms with Crippen LogP contribution in [0.2, 0.25) is 0 Å². The lowest BCUT2D eigenvalue weighted by Gasteiger charge is -2.20. The van der Waals surface area contributed by atoms with Gasteiger partial charge in [-0.15, -0.1) is 0 Å². The summed E-state index contributed by atoms with van der Waals surface area (Å²) in [6, 6.07) is 23.3. The minimum atomic E-state index is -3.66. The normalized spacial score (nSPS) is 11.5. The van der Waals surface area contributed by atoms with Gasteiger partial charge < -0.3 is 10.1 Å². The van der Waals surface area contributed by atoms with Crippen LogP contribution < -0.4 is 10.1 Å². The molecule has 0 atom stereocenters. The number of nitrogens with one attached hydrogen (secondary N) is 1. The summed E-state index contributed by atoms with van der Waals surface area (Å²) in [5, 5.41) is 2.86. The number of nitrogens with zero attached hydrogens (tertiary/aromatic N) is 1. The number of rotatable bonds is 7. The predicted octanol–water partition coefficient (Wildman–Crippen LogP) is 3.72. The summed E-state index contributed by atoms with van der Waals surface area (Å²) in [6.45, 7) is 0. The van der Waals surface area contributed by atoms with Crippen molar-refractivity contribution in [2.24, 2.45) is 0 Å². The number of carbonyl (C=O) groups excluding carboxylic acids is 1. The summed E-state index contributed by atoms with van der Waals surface area (Å²) in [5.41, 5.74) is 1.96. The molecule has 0 fully saturated rings. The van der Waals surface area contributed by atoms with Crippen molar-refractivity contribution in [3.63, 3.8) is 0 Å². The van der Waals surface area contributed by atoms with E-state index in [1.54, 1.807) is 0 Å². The number of amides is 1. The monoisotopic (exact) mass is 424 g/mol. The van der Waals surface area contributed by atoms with Crippen LogP contribution in [0.4, 0.5) is 5.69 Å². The molecule has 3 rings (SSSR count). The van der Waals surface area contributed by atoms with Crippen molar-refractivity contribution in [1.29, 1.82) is 0 Å². The Balaban J connectivity index is 2.02. The van der Waals surface area contributed by atoms with E-state index in [0.29, 0.717) is 11.4 Å². The van der Waals surface area contributed by atoms with Gasteiger partial charge in [-0.1, -0.05) is 60.7 Å². The van der Waals surface area contributed by atoms with Gasteiger partial charge in [0.05, 0.1) is 23.6 Å². The maximum atomic E-state index is 13.4. The lowest BCUT2D eigenvalue weighted by atomic mass is 9.90. The Kier molecular flexibility index (Phi) is 6.54. The Labute approximate surface area is 177 Å². The smallest absolute Gasteiger partial charge is 0.242 e. The first-order chi connectivity index (χ1) is 14.3. The number of anilines is 1. The van der Waals surface area contributed by atoms with E-state index < -0.39 is 15.9 Å². The second-order valence-corrected chi connectivity index (χ2v) is 9.04. The fourth-order valence-corrected chi connectivity index (χ4v) is 4.08. The van der Waals surface area contributed by atoms with Crippen molar-refractivity contribution in [3.05, 3.63) is 90.0 Å². The minimum absolute atomic E-state index is 0.0690. The van der Waals surface area contributed by atoms with Crippen LogP contribution in [-0.2, 0) is 14.8 Å². The molecule has 0 aliphatic rings. The topological polar surface area (TPSA) is 75.7 Å². The summed E-state index contributed by atoms with van der Waals surface area (Å²) in [4.78, 5) is 13.4. The number of carbonyl (C=O) groups is 1. The number of methoxy groups -OCH3 is 1. The van der Waals surface area contributed by atoms with E-state index in [4.69, 9.17) is 4.74 Å². The first kappa shape index (κ1) is 21.5. The molecule has 0 radical (unpaired) electrons. The van der Waals surface area contributed by atoms with Gasteiger partial charge in [-0.05, 0) is 29.3 Å². The molecular weight excluding hydrogens is 400 g/mol. The van der Waals surface area contributed by atoms with Crippen molar-refractivity contribution >= 4 is 21.6 Å². The van der Waals surface area contributed by atoms with Crippen molar-refractivity contribution in [2.75, 3.05) is 26.5 Å². The molecule has 6 nitrogen and oxygen atoms in total. The molecule has 0 bridgehead atoms. The van der Waals surface area contributed by atoms with Gasteiger partial charge in [-0.3, -0.25) is 4.79 Å². The summed E-state index contributed by atoms with van der Waals surface area (Å²) in [5.74, 6) is -0.475. The van der Waals surface area contributed by atoms with E-state index in [-0.39, 0.29) is 10.8 Å². The molecule has 1 N–H and O–H groups in total. The van der Waals surface area contributed by atoms with Crippen LogP contribution in [0.15, 0.2) is 83.8 Å². The maximum absolute atomic E-state index is 13.4. The third-order valence-corrected chi connectivity index (χ3v) is 6.55. The van der Waals surface area contributed by atoms with Gasteiger partial charge in [0, 0.05) is 14.1 Å². The van der Waals surface area contributed by atoms with Gasteiger partial charge in [0.25, 0.3) is 0 Å². The molecule has 0 saturated heterocycles. The van der Waals surface area contributed by atoms with Crippen molar-refractivity contribution < 1.29 is 17.9 Å². The third kappa shape index (κ3) is 4.53. The van der Waals surface area contributed by atoms with Crippen LogP contribution >= 0.6 is 0 Å². The van der Waals surface area contributed by atoms with E-state index in [1.165, 1.54) is 39.4 Å². The Morgan fingerprint density at radius 2 is 1.43 bits per heavy atom. The number of hydrogen-bond donors (Lipinski definition) is 1. The maximum Gasteiger partial charge on any atom is 0.242 e. The number of ether oxygens (including phenoxy) is 1. The fraction of sp³-hybridized carbons (Fsp3) is 0.174. The highest BCUT2D eigenvalue weighted by Gasteiger charge is 2.25. The molecule has 0 saturated carbocycles. The summed E-state index contributed by atoms with van der Waals surface area (Å²) in [7, 11) is 0.725. The second kappa shape index (κ2) is 9.11. The molecule has 3 aromatic rings. The first-order valence-corrected chi connectivity index (χ1v) is 10.8. The van der Waals surface area contributed by atoms with Gasteiger partial charge in [-0.25, -0.2) is 12.7 Å². The second-order valence-electron chi connectivity index (χ2n) is 6.89. The van der Waals surface area contributed by atoms with Crippen LogP contribution in [0.5, 0.6) is 5.75 Å². The van der Waals surface area contributed by atoms with Crippen molar-refractivity contribution in [2.45, 2.75) is 10.8 Å². The Bertz CT molecular complexity index is 1070. The van der Waals surface area contributed by atoms with E-state index in [0.717, 1.165) is 15.4 Å². The molecule has 0 unspecified atom stereocenters. The van der Waals surface area contributed by atoms with Crippen LogP contribution in [0.1, 0.15) is 17.0 Å². The Hall–Kier alpha value is -3.16. The lowest BCUT2D eigenvalue weighted by Crippen LogP contribution is -2.24. The number of sulfonamides is 1. The van der Waals surface area contributed by atoms with E-state index in [1.807, 2.05) is 60.7 Å². The van der Waals surface area contributed by atoms with E-state index in [9.17, 15) is 13.2 Å². The van der Waals surface area contributed by atoms with Gasteiger partial charge in [0.15, 0.2) is 0 Å². The van der Waals surface area contributed by atoms with Crippen LogP contribution in [-0.4, -0.2) is 39.8 Å². The molecule has 1 amide bonds. The molecule has 0 heterocycles. The number of hydrogen-bond acceptors (Lipinski definition) is 4. The molecule has 30 heavy (non-hydrogen) atoms. The first-order valence-electron chi connectivity index (χ1n) is 9.36. The molecule has 0 aliphatic heterocycles. The zero-order valence-corrected chi connectivity index (χ0v) is 17.9. The standard InChI is InChI=1S/C23H24N2O4S/c1-25(2)30(27,28)19-14-15-21(29-3)20(16-19)24-23(26)22(17-10-6-4-7-11-17)18-12-8-5-9-13-18/h4-16,22H,1-3H3,(H,24,26). The minimum Gasteiger partial charge on any atom is -0.495 e. The molecule has 0 aromatic heterocycles. The van der Waals surface area contributed by atoms with Crippen LogP contribution in [0.25, 0.3) is 0 Å². The number of benzene rings is 3. The van der Waals surface area contributed by atoms with Gasteiger partial charge in [0.2, 0.25) is 15.9 Å². The van der Waals surface area contributed by atoms with Gasteiger partial charge in [-0.2, -0.15) is 0 Å². The molecule has 0 spiro atoms. The quantitative estimate of drug-likeness (QED) is 0.627. The third-order valence-electron chi connectivity index (χ3n) is 4.74. The Morgan fingerprint density at radius 3 is 1.90 bits per heavy atom. The average molecular weight is 425 g/mol. The van der Waals surface area contributed by atoms with Crippen molar-refractivity contribution in [3.8, 4) is 5.75 Å². The molecular formula is C23H24N2O4S. The fourth-order valence-electron chi connectivity index (χ4n) is 3.15. The SMILES string of the molecule is COc1ccc(S(=O)(=O)N(C)C)cc1NC(=O)C(c1ccccc1)c1ccccc1. The predicted molar refractivity (Wildman–Crippen MR) is 117 cm³/mol. The highest BCUT2D eigenvalue weighted by atomic mass is 32.2. The molecule has 3 aromatic carbocycles. The highest BCUT2D eigenvalue weighted by Crippen LogP contribution is 2.31. The summed E-state index contributed by atoms with van der Waals surface area (Å²) in [6.07, 6.45) is 0. The van der Waals surface area contributed by atoms with Crippen LogP contribution in [0.3, 0.4) is 0 Å². The van der Waals surface area contributed by atoms with Gasteiger partial charge >= 0.3 is 0 Å². The summed E-state index contributed by atoms with van der Waals surface area (Å²) >= 11 is 0. The van der Waals surface area contributed by atoms with Crippen LogP contribution in [0, 0.1) is 0 Å². The van der Waals surface area contributed by atoms with E-state index >= 15 is 0 Å². The molecule has 7 heteroatoms. The average Bonchev–Trinajstić information content (AvgIpc) is 2.75. The zero-order chi connectivity index (χ0) is 21.7. The Morgan fingerprint density at radius 1 is 0.900 bits per heavy atom. The largest absolute Gasteiger partial charge is 0.495 e. The lowest BCUT2D eigenvalue weighted by molar-refractivity contribution is -0.116. The molecule has 0 aliphatic carbocycles. The zero-order valence-electron chi connectivity index (χ0n) is 17.1. The van der Waals surface area contributed by atoms with Gasteiger partial charge in [0.1, 0.15) is 5.75 Å². The molecule has 156 valence electrons.